The highest BCUT2D eigenvalue weighted by Crippen LogP contribution is 2.48. The highest BCUT2D eigenvalue weighted by Gasteiger charge is 2.62. The van der Waals surface area contributed by atoms with E-state index in [1.807, 2.05) is 5.01 Å². The van der Waals surface area contributed by atoms with Gasteiger partial charge in [0.05, 0.1) is 17.6 Å². The molecule has 0 aromatic heterocycles. The molecule has 3 atom stereocenters. The number of benzene rings is 2. The second kappa shape index (κ2) is 5.94. The highest BCUT2D eigenvalue weighted by molar-refractivity contribution is 6.24. The van der Waals surface area contributed by atoms with Crippen LogP contribution in [-0.2, 0) is 9.59 Å². The molecule has 2 amide bonds. The molecule has 3 heterocycles. The van der Waals surface area contributed by atoms with Crippen LogP contribution in [0.3, 0.4) is 0 Å². The van der Waals surface area contributed by atoms with Gasteiger partial charge in [-0.25, -0.2) is 23.7 Å². The van der Waals surface area contributed by atoms with E-state index in [9.17, 15) is 18.4 Å². The molecule has 3 aliphatic rings. The van der Waals surface area contributed by atoms with Crippen molar-refractivity contribution >= 4 is 17.5 Å². The van der Waals surface area contributed by atoms with Gasteiger partial charge in [-0.3, -0.25) is 9.59 Å². The lowest BCUT2D eigenvalue weighted by atomic mass is 9.90. The van der Waals surface area contributed by atoms with E-state index in [-0.39, 0.29) is 23.7 Å². The number of carbonyl (C=O) groups excluding carboxylic acids is 2. The summed E-state index contributed by atoms with van der Waals surface area (Å²) in [4.78, 5) is 27.6. The van der Waals surface area contributed by atoms with Gasteiger partial charge in [0, 0.05) is 13.1 Å². The van der Waals surface area contributed by atoms with Gasteiger partial charge in [-0.05, 0) is 48.4 Å². The summed E-state index contributed by atoms with van der Waals surface area (Å²) >= 11 is 0. The number of rotatable bonds is 2. The first kappa shape index (κ1) is 16.5. The monoisotopic (exact) mass is 369 g/mol. The summed E-state index contributed by atoms with van der Waals surface area (Å²) < 4.78 is 26.6. The minimum absolute atomic E-state index is 0.284. The molecule has 0 aliphatic carbocycles. The fourth-order valence-corrected chi connectivity index (χ4v) is 4.62. The van der Waals surface area contributed by atoms with Gasteiger partial charge < -0.3 is 0 Å². The number of amides is 2. The minimum Gasteiger partial charge on any atom is -0.274 e. The Hall–Kier alpha value is -2.64. The van der Waals surface area contributed by atoms with Crippen LogP contribution in [-0.4, -0.2) is 41.0 Å². The van der Waals surface area contributed by atoms with Crippen LogP contribution in [0.4, 0.5) is 14.5 Å². The lowest BCUT2D eigenvalue weighted by molar-refractivity contribution is -0.126. The first-order chi connectivity index (χ1) is 13.1. The van der Waals surface area contributed by atoms with E-state index in [1.165, 1.54) is 41.3 Å². The predicted molar refractivity (Wildman–Crippen MR) is 93.3 cm³/mol. The first-order valence-corrected chi connectivity index (χ1v) is 8.98. The van der Waals surface area contributed by atoms with Gasteiger partial charge in [-0.15, -0.1) is 0 Å². The van der Waals surface area contributed by atoms with Gasteiger partial charge in [-0.2, -0.15) is 0 Å². The largest absolute Gasteiger partial charge is 0.274 e. The summed E-state index contributed by atoms with van der Waals surface area (Å²) in [5, 5.41) is 4.04. The summed E-state index contributed by atoms with van der Waals surface area (Å²) in [5.74, 6) is -1.90. The molecule has 0 bridgehead atoms. The van der Waals surface area contributed by atoms with Crippen LogP contribution in [0.25, 0.3) is 0 Å². The number of imide groups is 1. The highest BCUT2D eigenvalue weighted by atomic mass is 19.1. The van der Waals surface area contributed by atoms with E-state index < -0.39 is 17.8 Å². The quantitative estimate of drug-likeness (QED) is 0.763. The Morgan fingerprint density at radius 1 is 0.741 bits per heavy atom. The number of hydrogen-bond donors (Lipinski definition) is 0. The predicted octanol–water partition coefficient (Wildman–Crippen LogP) is 2.50. The van der Waals surface area contributed by atoms with Crippen LogP contribution >= 0.6 is 0 Å². The van der Waals surface area contributed by atoms with Crippen LogP contribution < -0.4 is 4.90 Å². The lowest BCUT2D eigenvalue weighted by Gasteiger charge is -2.29. The van der Waals surface area contributed by atoms with Crippen molar-refractivity contribution < 1.29 is 18.4 Å². The molecular weight excluding hydrogens is 352 g/mol. The third-order valence-electron chi connectivity index (χ3n) is 5.70. The van der Waals surface area contributed by atoms with Crippen LogP contribution in [0.5, 0.6) is 0 Å². The summed E-state index contributed by atoms with van der Waals surface area (Å²) in [5.41, 5.74) is 1.20. The number of fused-ring (bicyclic) bond motifs is 3. The zero-order chi connectivity index (χ0) is 18.7. The molecule has 5 rings (SSSR count). The Morgan fingerprint density at radius 3 is 1.93 bits per heavy atom. The molecule has 0 saturated carbocycles. The minimum atomic E-state index is -0.569. The standard InChI is InChI=1S/C20H17F2N3O2/c21-13-4-2-12(3-5-13)17-16-18(24-11-1-10-23(17)24)20(27)25(19(16)26)15-8-6-14(22)7-9-15/h2-9,16-18H,1,10-11H2. The maximum absolute atomic E-state index is 13.4. The molecule has 5 nitrogen and oxygen atoms in total. The first-order valence-electron chi connectivity index (χ1n) is 8.98. The SMILES string of the molecule is O=C1C2C(C(=O)N1c1ccc(F)cc1)N1CCCN1C2c1ccc(F)cc1. The van der Waals surface area contributed by atoms with Crippen molar-refractivity contribution in [3.63, 3.8) is 0 Å². The van der Waals surface area contributed by atoms with Crippen LogP contribution in [0, 0.1) is 17.6 Å². The Morgan fingerprint density at radius 2 is 1.30 bits per heavy atom. The summed E-state index contributed by atoms with van der Waals surface area (Å²) in [6.07, 6.45) is 0.902. The Labute approximate surface area is 154 Å². The maximum atomic E-state index is 13.4. The van der Waals surface area contributed by atoms with E-state index in [0.717, 1.165) is 18.5 Å². The van der Waals surface area contributed by atoms with E-state index >= 15 is 0 Å². The van der Waals surface area contributed by atoms with Crippen molar-refractivity contribution in [3.8, 4) is 0 Å². The molecule has 138 valence electrons. The number of hydrogen-bond acceptors (Lipinski definition) is 4. The van der Waals surface area contributed by atoms with E-state index in [1.54, 1.807) is 12.1 Å². The average Bonchev–Trinajstić information content (AvgIpc) is 3.30. The number of anilines is 1. The molecule has 27 heavy (non-hydrogen) atoms. The van der Waals surface area contributed by atoms with Crippen molar-refractivity contribution in [1.82, 2.24) is 10.0 Å². The average molecular weight is 369 g/mol. The Balaban J connectivity index is 1.57. The van der Waals surface area contributed by atoms with Gasteiger partial charge >= 0.3 is 0 Å². The van der Waals surface area contributed by atoms with Gasteiger partial charge in [0.2, 0.25) is 5.91 Å². The van der Waals surface area contributed by atoms with Crippen molar-refractivity contribution in [2.24, 2.45) is 5.92 Å². The fraction of sp³-hybridized carbons (Fsp3) is 0.300. The second-order valence-electron chi connectivity index (χ2n) is 7.14. The molecule has 0 N–H and O–H groups in total. The zero-order valence-corrected chi connectivity index (χ0v) is 14.4. The van der Waals surface area contributed by atoms with Crippen LogP contribution in [0.2, 0.25) is 0 Å². The van der Waals surface area contributed by atoms with Gasteiger partial charge in [-0.1, -0.05) is 12.1 Å². The van der Waals surface area contributed by atoms with Crippen molar-refractivity contribution in [2.45, 2.75) is 18.5 Å². The van der Waals surface area contributed by atoms with Crippen LogP contribution in [0.1, 0.15) is 18.0 Å². The van der Waals surface area contributed by atoms with Crippen molar-refractivity contribution in [1.29, 1.82) is 0 Å². The molecule has 7 heteroatoms. The molecule has 3 fully saturated rings. The fourth-order valence-electron chi connectivity index (χ4n) is 4.62. The van der Waals surface area contributed by atoms with Crippen LogP contribution in [0.15, 0.2) is 48.5 Å². The molecule has 0 spiro atoms. The van der Waals surface area contributed by atoms with E-state index in [0.29, 0.717) is 12.2 Å². The van der Waals surface area contributed by atoms with E-state index in [2.05, 4.69) is 5.01 Å². The summed E-state index contributed by atoms with van der Waals surface area (Å²) in [7, 11) is 0. The lowest BCUT2D eigenvalue weighted by Crippen LogP contribution is -2.44. The third kappa shape index (κ3) is 2.35. The molecule has 2 aromatic carbocycles. The second-order valence-corrected chi connectivity index (χ2v) is 7.14. The normalized spacial score (nSPS) is 28.1. The van der Waals surface area contributed by atoms with Gasteiger partial charge in [0.25, 0.3) is 5.91 Å². The molecule has 0 radical (unpaired) electrons. The van der Waals surface area contributed by atoms with Gasteiger partial charge in [0.1, 0.15) is 17.7 Å². The smallest absolute Gasteiger partial charge is 0.253 e. The molecule has 3 aliphatic heterocycles. The van der Waals surface area contributed by atoms with Crippen molar-refractivity contribution in [3.05, 3.63) is 65.7 Å². The number of halogens is 2. The summed E-state index contributed by atoms with van der Waals surface area (Å²) in [6.45, 7) is 1.46. The molecule has 3 unspecified atom stereocenters. The Kier molecular flexibility index (Phi) is 3.63. The summed E-state index contributed by atoms with van der Waals surface area (Å²) in [6, 6.07) is 10.6. The molecular formula is C20H17F2N3O2. The zero-order valence-electron chi connectivity index (χ0n) is 14.4. The number of carbonyl (C=O) groups is 2. The van der Waals surface area contributed by atoms with Crippen molar-refractivity contribution in [2.75, 3.05) is 18.0 Å². The Bertz CT molecular complexity index is 916. The topological polar surface area (TPSA) is 43.9 Å². The molecule has 2 aromatic rings. The van der Waals surface area contributed by atoms with Gasteiger partial charge in [0.15, 0.2) is 0 Å². The third-order valence-corrected chi connectivity index (χ3v) is 5.70. The number of nitrogens with zero attached hydrogens (tertiary/aromatic N) is 3. The van der Waals surface area contributed by atoms with E-state index in [4.69, 9.17) is 0 Å². The maximum Gasteiger partial charge on any atom is 0.253 e. The molecule has 3 saturated heterocycles. The number of hydrazine groups is 1.